The number of benzene rings is 4. The number of sulfonamides is 1. The van der Waals surface area contributed by atoms with E-state index in [9.17, 15) is 18.0 Å². The average Bonchev–Trinajstić information content (AvgIpc) is 3.11. The molecule has 0 saturated carbocycles. The van der Waals surface area contributed by atoms with Crippen molar-refractivity contribution in [3.05, 3.63) is 107 Å². The number of methoxy groups -OCH3 is 4. The van der Waals surface area contributed by atoms with Crippen LogP contribution < -0.4 is 28.6 Å². The zero-order valence-corrected chi connectivity index (χ0v) is 31.4. The van der Waals surface area contributed by atoms with Crippen molar-refractivity contribution in [1.82, 2.24) is 10.2 Å². The normalized spacial score (nSPS) is 12.0. The second-order valence-corrected chi connectivity index (χ2v) is 15.0. The third-order valence-electron chi connectivity index (χ3n) is 7.89. The summed E-state index contributed by atoms with van der Waals surface area (Å²) in [5.41, 5.74) is 0.863. The number of rotatable bonds is 15. The molecule has 272 valence electrons. The molecule has 1 N–H and O–H groups in total. The van der Waals surface area contributed by atoms with Crippen LogP contribution >= 0.6 is 11.6 Å². The van der Waals surface area contributed by atoms with Crippen LogP contribution in [-0.2, 0) is 32.6 Å². The van der Waals surface area contributed by atoms with Gasteiger partial charge in [-0.15, -0.1) is 0 Å². The quantitative estimate of drug-likeness (QED) is 0.155. The zero-order valence-electron chi connectivity index (χ0n) is 29.8. The van der Waals surface area contributed by atoms with Crippen molar-refractivity contribution in [3.63, 3.8) is 0 Å². The van der Waals surface area contributed by atoms with Crippen molar-refractivity contribution < 1.29 is 37.0 Å². The zero-order chi connectivity index (χ0) is 37.3. The molecule has 11 nitrogen and oxygen atoms in total. The highest BCUT2D eigenvalue weighted by Gasteiger charge is 2.37. The van der Waals surface area contributed by atoms with Crippen LogP contribution in [-0.4, -0.2) is 71.7 Å². The van der Waals surface area contributed by atoms with Gasteiger partial charge in [-0.3, -0.25) is 13.9 Å². The molecule has 0 aliphatic rings. The van der Waals surface area contributed by atoms with Crippen LogP contribution in [0.3, 0.4) is 0 Å². The Morgan fingerprint density at radius 2 is 1.41 bits per heavy atom. The Labute approximate surface area is 305 Å². The summed E-state index contributed by atoms with van der Waals surface area (Å²) in [4.78, 5) is 30.2. The highest BCUT2D eigenvalue weighted by atomic mass is 35.5. The van der Waals surface area contributed by atoms with Gasteiger partial charge in [0.25, 0.3) is 10.0 Å². The standard InChI is InChI=1S/C38H44ClN3O8S/c1-38(2,3)40-37(44)32(21-26-12-9-8-10-13-26)41(24-27-14-11-15-29(20-27)47-4)36(43)25-42(31-22-28(39)16-18-33(31)48-5)51(45,46)30-17-19-34(49-6)35(23-30)50-7/h8-20,22-23,32H,21,24-25H2,1-7H3,(H,40,44)/t32-/m0/s1. The molecular formula is C38H44ClN3O8S. The molecule has 13 heteroatoms. The van der Waals surface area contributed by atoms with E-state index >= 15 is 0 Å². The van der Waals surface area contributed by atoms with Crippen LogP contribution in [0.1, 0.15) is 31.9 Å². The van der Waals surface area contributed by atoms with E-state index in [1.54, 1.807) is 24.3 Å². The third kappa shape index (κ3) is 9.86. The van der Waals surface area contributed by atoms with Gasteiger partial charge >= 0.3 is 0 Å². The topological polar surface area (TPSA) is 124 Å². The summed E-state index contributed by atoms with van der Waals surface area (Å²) in [6, 6.07) is 24.0. The van der Waals surface area contributed by atoms with Crippen LogP contribution in [0.2, 0.25) is 5.02 Å². The van der Waals surface area contributed by atoms with Crippen molar-refractivity contribution in [2.24, 2.45) is 0 Å². The van der Waals surface area contributed by atoms with Crippen LogP contribution in [0.15, 0.2) is 95.9 Å². The minimum Gasteiger partial charge on any atom is -0.497 e. The summed E-state index contributed by atoms with van der Waals surface area (Å²) in [6.07, 6.45) is 0.154. The average molecular weight is 738 g/mol. The number of nitrogens with zero attached hydrogens (tertiary/aromatic N) is 2. The van der Waals surface area contributed by atoms with Crippen LogP contribution in [0.25, 0.3) is 0 Å². The SMILES string of the molecule is COc1cccc(CN(C(=O)CN(c2cc(Cl)ccc2OC)S(=O)(=O)c2ccc(OC)c(OC)c2)[C@@H](Cc2ccccc2)C(=O)NC(C)(C)C)c1. The van der Waals surface area contributed by atoms with Gasteiger partial charge in [0.15, 0.2) is 11.5 Å². The van der Waals surface area contributed by atoms with E-state index in [0.29, 0.717) is 17.1 Å². The van der Waals surface area contributed by atoms with Gasteiger partial charge in [0, 0.05) is 29.6 Å². The second-order valence-electron chi connectivity index (χ2n) is 12.7. The van der Waals surface area contributed by atoms with E-state index in [2.05, 4.69) is 5.32 Å². The van der Waals surface area contributed by atoms with Crippen molar-refractivity contribution in [2.75, 3.05) is 39.3 Å². The molecule has 0 unspecified atom stereocenters. The molecule has 0 aromatic heterocycles. The largest absolute Gasteiger partial charge is 0.497 e. The summed E-state index contributed by atoms with van der Waals surface area (Å²) in [5, 5.41) is 3.23. The number of amides is 2. The Morgan fingerprint density at radius 3 is 2.04 bits per heavy atom. The maximum absolute atomic E-state index is 14.9. The number of carbonyl (C=O) groups excluding carboxylic acids is 2. The predicted molar refractivity (Wildman–Crippen MR) is 197 cm³/mol. The van der Waals surface area contributed by atoms with E-state index in [-0.39, 0.29) is 40.1 Å². The molecule has 51 heavy (non-hydrogen) atoms. The first kappa shape index (κ1) is 38.9. The Balaban J connectivity index is 1.91. The molecule has 4 aromatic carbocycles. The molecule has 2 amide bonds. The monoisotopic (exact) mass is 737 g/mol. The minimum absolute atomic E-state index is 0.0215. The summed E-state index contributed by atoms with van der Waals surface area (Å²) >= 11 is 6.41. The first-order valence-corrected chi connectivity index (χ1v) is 17.9. The van der Waals surface area contributed by atoms with E-state index in [0.717, 1.165) is 9.87 Å². The first-order valence-electron chi connectivity index (χ1n) is 16.1. The van der Waals surface area contributed by atoms with Crippen LogP contribution in [0.4, 0.5) is 5.69 Å². The molecule has 0 aliphatic heterocycles. The van der Waals surface area contributed by atoms with Gasteiger partial charge in [-0.2, -0.15) is 0 Å². The lowest BCUT2D eigenvalue weighted by molar-refractivity contribution is -0.140. The van der Waals surface area contributed by atoms with Gasteiger partial charge in [-0.05, 0) is 74.4 Å². The molecular weight excluding hydrogens is 694 g/mol. The number of halogens is 1. The molecule has 0 spiro atoms. The molecule has 4 aromatic rings. The smallest absolute Gasteiger partial charge is 0.265 e. The fraction of sp³-hybridized carbons (Fsp3) is 0.316. The van der Waals surface area contributed by atoms with Crippen LogP contribution in [0.5, 0.6) is 23.0 Å². The lowest BCUT2D eigenvalue weighted by Crippen LogP contribution is -2.56. The maximum Gasteiger partial charge on any atom is 0.265 e. The maximum atomic E-state index is 14.9. The molecule has 4 rings (SSSR count). The molecule has 0 bridgehead atoms. The highest BCUT2D eigenvalue weighted by molar-refractivity contribution is 7.92. The number of carbonyl (C=O) groups is 2. The summed E-state index contributed by atoms with van der Waals surface area (Å²) in [6.45, 7) is 4.79. The molecule has 0 fully saturated rings. The van der Waals surface area contributed by atoms with E-state index in [1.807, 2.05) is 57.2 Å². The number of ether oxygens (including phenoxy) is 4. The van der Waals surface area contributed by atoms with Crippen molar-refractivity contribution >= 4 is 39.1 Å². The Kier molecular flexibility index (Phi) is 12.8. The summed E-state index contributed by atoms with van der Waals surface area (Å²) in [5.74, 6) is 0.134. The summed E-state index contributed by atoms with van der Waals surface area (Å²) < 4.78 is 51.9. The number of hydrogen-bond acceptors (Lipinski definition) is 8. The molecule has 0 radical (unpaired) electrons. The number of nitrogens with one attached hydrogen (secondary N) is 1. The first-order chi connectivity index (χ1) is 24.2. The molecule has 0 heterocycles. The number of hydrogen-bond donors (Lipinski definition) is 1. The van der Waals surface area contributed by atoms with Gasteiger partial charge < -0.3 is 29.2 Å². The van der Waals surface area contributed by atoms with Gasteiger partial charge in [-0.25, -0.2) is 8.42 Å². The fourth-order valence-electron chi connectivity index (χ4n) is 5.45. The Morgan fingerprint density at radius 1 is 0.765 bits per heavy atom. The molecule has 1 atom stereocenters. The highest BCUT2D eigenvalue weighted by Crippen LogP contribution is 2.37. The molecule has 0 saturated heterocycles. The molecule has 0 aliphatic carbocycles. The van der Waals surface area contributed by atoms with E-state index in [1.165, 1.54) is 63.7 Å². The van der Waals surface area contributed by atoms with E-state index in [4.69, 9.17) is 30.5 Å². The van der Waals surface area contributed by atoms with Crippen molar-refractivity contribution in [2.45, 2.75) is 50.2 Å². The van der Waals surface area contributed by atoms with Gasteiger partial charge in [0.2, 0.25) is 11.8 Å². The van der Waals surface area contributed by atoms with Crippen LogP contribution in [0, 0.1) is 0 Å². The summed E-state index contributed by atoms with van der Waals surface area (Å²) in [7, 11) is 1.23. The lowest BCUT2D eigenvalue weighted by atomic mass is 10.0. The van der Waals surface area contributed by atoms with Crippen molar-refractivity contribution in [3.8, 4) is 23.0 Å². The van der Waals surface area contributed by atoms with Gasteiger partial charge in [0.05, 0.1) is 39.0 Å². The van der Waals surface area contributed by atoms with E-state index < -0.39 is 40.0 Å². The lowest BCUT2D eigenvalue weighted by Gasteiger charge is -2.35. The Hall–Kier alpha value is -4.94. The van der Waals surface area contributed by atoms with Gasteiger partial charge in [0.1, 0.15) is 24.1 Å². The third-order valence-corrected chi connectivity index (χ3v) is 9.88. The predicted octanol–water partition coefficient (Wildman–Crippen LogP) is 6.12. The fourth-order valence-corrected chi connectivity index (χ4v) is 7.05. The van der Waals surface area contributed by atoms with Crippen molar-refractivity contribution in [1.29, 1.82) is 0 Å². The Bertz CT molecular complexity index is 1930. The number of anilines is 1. The second kappa shape index (κ2) is 16.8. The van der Waals surface area contributed by atoms with Gasteiger partial charge in [-0.1, -0.05) is 54.1 Å². The minimum atomic E-state index is -4.52.